The molecule has 0 aliphatic carbocycles. The first-order chi connectivity index (χ1) is 16.8. The molecule has 4 atom stereocenters. The zero-order chi connectivity index (χ0) is 28.5. The summed E-state index contributed by atoms with van der Waals surface area (Å²) in [5.41, 5.74) is 0. The molecule has 0 aromatic rings. The molecule has 0 heterocycles. The lowest BCUT2D eigenvalue weighted by molar-refractivity contribution is -0.134. The van der Waals surface area contributed by atoms with E-state index in [-0.39, 0.29) is 26.4 Å². The van der Waals surface area contributed by atoms with Crippen molar-refractivity contribution in [2.45, 2.75) is 24.4 Å². The Balaban J connectivity index is -0.000000472. The maximum atomic E-state index is 10.7. The second kappa shape index (κ2) is 25.0. The standard InChI is InChI=1S/2C7H14O7.C4H4O4/c2*8-1-5(10)3-13-7(12)14-4-6(11)2-9;5-3(6)1-2-4(7)8/h2*5-6,8-11H,1-4H2;1-2H,(H,5,6)(H,7,8)/b;;2-1+. The zero-order valence-electron chi connectivity index (χ0n) is 18.9. The molecule has 212 valence electrons. The van der Waals surface area contributed by atoms with E-state index in [4.69, 9.17) is 51.1 Å². The van der Waals surface area contributed by atoms with Gasteiger partial charge in [-0.25, -0.2) is 19.2 Å². The Morgan fingerprint density at radius 3 is 0.833 bits per heavy atom. The summed E-state index contributed by atoms with van der Waals surface area (Å²) in [4.78, 5) is 40.4. The first kappa shape index (κ1) is 37.4. The normalized spacial score (nSPS) is 13.4. The van der Waals surface area contributed by atoms with Crippen LogP contribution in [-0.2, 0) is 28.5 Å². The van der Waals surface area contributed by atoms with Crippen molar-refractivity contribution in [3.8, 4) is 0 Å². The average Bonchev–Trinajstić information content (AvgIpc) is 2.86. The summed E-state index contributed by atoms with van der Waals surface area (Å²) in [6, 6.07) is 0. The summed E-state index contributed by atoms with van der Waals surface area (Å²) in [5.74, 6) is -2.51. The topological polar surface area (TPSA) is 308 Å². The number of carbonyl (C=O) groups excluding carboxylic acids is 2. The summed E-state index contributed by atoms with van der Waals surface area (Å²) in [6.45, 7) is -3.62. The Kier molecular flexibility index (Phi) is 26.0. The van der Waals surface area contributed by atoms with Crippen LogP contribution in [0.1, 0.15) is 0 Å². The lowest BCUT2D eigenvalue weighted by Crippen LogP contribution is -2.25. The van der Waals surface area contributed by atoms with Crippen molar-refractivity contribution in [1.82, 2.24) is 0 Å². The van der Waals surface area contributed by atoms with Crippen LogP contribution < -0.4 is 0 Å². The molecule has 0 aliphatic heterocycles. The number of aliphatic hydroxyl groups excluding tert-OH is 8. The Labute approximate surface area is 203 Å². The quantitative estimate of drug-likeness (QED) is 0.0737. The van der Waals surface area contributed by atoms with Crippen LogP contribution in [0.15, 0.2) is 12.2 Å². The number of carboxylic acids is 2. The monoisotopic (exact) mass is 536 g/mol. The molecule has 0 bridgehead atoms. The number of hydrogen-bond donors (Lipinski definition) is 10. The van der Waals surface area contributed by atoms with Gasteiger partial charge in [0.05, 0.1) is 26.4 Å². The summed E-state index contributed by atoms with van der Waals surface area (Å²) < 4.78 is 17.3. The predicted molar refractivity (Wildman–Crippen MR) is 111 cm³/mol. The van der Waals surface area contributed by atoms with E-state index in [2.05, 4.69) is 18.9 Å². The Morgan fingerprint density at radius 1 is 0.500 bits per heavy atom. The fourth-order valence-corrected chi connectivity index (χ4v) is 1.09. The van der Waals surface area contributed by atoms with Crippen LogP contribution in [0.3, 0.4) is 0 Å². The minimum atomic E-state index is -1.26. The third-order valence-electron chi connectivity index (χ3n) is 2.79. The molecule has 0 saturated carbocycles. The Hall–Kier alpha value is -3.10. The lowest BCUT2D eigenvalue weighted by atomic mass is 10.4. The van der Waals surface area contributed by atoms with Crippen molar-refractivity contribution in [3.05, 3.63) is 12.2 Å². The highest BCUT2D eigenvalue weighted by Gasteiger charge is 2.12. The second-order valence-electron chi connectivity index (χ2n) is 6.10. The molecule has 0 aromatic heterocycles. The maximum absolute atomic E-state index is 10.7. The van der Waals surface area contributed by atoms with E-state index in [1.54, 1.807) is 0 Å². The van der Waals surface area contributed by atoms with E-state index < -0.39 is 75.1 Å². The summed E-state index contributed by atoms with van der Waals surface area (Å²) in [7, 11) is 0. The van der Waals surface area contributed by atoms with Gasteiger partial charge in [-0.1, -0.05) is 0 Å². The van der Waals surface area contributed by atoms with Crippen LogP contribution in [0.25, 0.3) is 0 Å². The number of hydrogen-bond acceptors (Lipinski definition) is 16. The molecule has 4 unspecified atom stereocenters. The molecular weight excluding hydrogens is 504 g/mol. The molecule has 10 N–H and O–H groups in total. The highest BCUT2D eigenvalue weighted by molar-refractivity contribution is 5.89. The number of carboxylic acid groups (broad SMARTS) is 2. The number of aliphatic carboxylic acids is 2. The van der Waals surface area contributed by atoms with Gasteiger partial charge in [-0.3, -0.25) is 0 Å². The number of rotatable bonds is 14. The summed E-state index contributed by atoms with van der Waals surface area (Å²) in [6.07, 6.45) is -5.63. The summed E-state index contributed by atoms with van der Waals surface area (Å²) >= 11 is 0. The SMILES string of the molecule is O=C(O)/C=C/C(=O)O.O=C(OCC(O)CO)OCC(O)CO.O=C(OCC(O)CO)OCC(O)CO. The molecule has 0 saturated heterocycles. The first-order valence-electron chi connectivity index (χ1n) is 9.71. The average molecular weight is 536 g/mol. The van der Waals surface area contributed by atoms with Gasteiger partial charge in [0.15, 0.2) is 0 Å². The van der Waals surface area contributed by atoms with E-state index in [0.717, 1.165) is 0 Å². The van der Waals surface area contributed by atoms with Crippen molar-refractivity contribution < 1.29 is 89.2 Å². The van der Waals surface area contributed by atoms with Crippen LogP contribution in [-0.4, -0.2) is 153 Å². The molecule has 0 rings (SSSR count). The lowest BCUT2D eigenvalue weighted by Gasteiger charge is -2.10. The maximum Gasteiger partial charge on any atom is 0.508 e. The van der Waals surface area contributed by atoms with Gasteiger partial charge in [-0.2, -0.15) is 0 Å². The smallest absolute Gasteiger partial charge is 0.478 e. The van der Waals surface area contributed by atoms with Crippen molar-refractivity contribution in [1.29, 1.82) is 0 Å². The second-order valence-corrected chi connectivity index (χ2v) is 6.10. The van der Waals surface area contributed by atoms with Gasteiger partial charge in [0.25, 0.3) is 0 Å². The minimum absolute atomic E-state index is 0.384. The van der Waals surface area contributed by atoms with Crippen molar-refractivity contribution in [2.75, 3.05) is 52.9 Å². The highest BCUT2D eigenvalue weighted by Crippen LogP contribution is 1.92. The van der Waals surface area contributed by atoms with E-state index in [1.807, 2.05) is 0 Å². The number of ether oxygens (including phenoxy) is 4. The van der Waals surface area contributed by atoms with Gasteiger partial charge in [0, 0.05) is 12.2 Å². The highest BCUT2D eigenvalue weighted by atomic mass is 16.7. The van der Waals surface area contributed by atoms with E-state index in [9.17, 15) is 19.2 Å². The third kappa shape index (κ3) is 30.9. The molecule has 0 amide bonds. The molecule has 0 aliphatic rings. The van der Waals surface area contributed by atoms with E-state index in [1.165, 1.54) is 0 Å². The zero-order valence-corrected chi connectivity index (χ0v) is 18.9. The van der Waals surface area contributed by atoms with Crippen molar-refractivity contribution in [3.63, 3.8) is 0 Å². The van der Waals surface area contributed by atoms with Crippen LogP contribution in [0.4, 0.5) is 9.59 Å². The Morgan fingerprint density at radius 2 is 0.694 bits per heavy atom. The number of aliphatic hydroxyl groups is 8. The molecule has 36 heavy (non-hydrogen) atoms. The summed E-state index contributed by atoms with van der Waals surface area (Å²) in [5, 5.41) is 84.1. The van der Waals surface area contributed by atoms with Gasteiger partial charge >= 0.3 is 24.2 Å². The molecule has 0 radical (unpaired) electrons. The van der Waals surface area contributed by atoms with Gasteiger partial charge in [0.2, 0.25) is 0 Å². The Bertz CT molecular complexity index is 539. The first-order valence-corrected chi connectivity index (χ1v) is 9.71. The van der Waals surface area contributed by atoms with Gasteiger partial charge in [-0.05, 0) is 0 Å². The molecule has 18 nitrogen and oxygen atoms in total. The van der Waals surface area contributed by atoms with E-state index in [0.29, 0.717) is 12.2 Å². The fraction of sp³-hybridized carbons (Fsp3) is 0.667. The van der Waals surface area contributed by atoms with Crippen molar-refractivity contribution >= 4 is 24.2 Å². The predicted octanol–water partition coefficient (Wildman–Crippen LogP) is -4.60. The van der Waals surface area contributed by atoms with Gasteiger partial charge < -0.3 is 70.0 Å². The van der Waals surface area contributed by atoms with Gasteiger partial charge in [-0.15, -0.1) is 0 Å². The molecular formula is C18H32O18. The number of carbonyl (C=O) groups is 4. The van der Waals surface area contributed by atoms with Crippen molar-refractivity contribution in [2.24, 2.45) is 0 Å². The third-order valence-corrected chi connectivity index (χ3v) is 2.79. The fourth-order valence-electron chi connectivity index (χ4n) is 1.09. The molecule has 18 heteroatoms. The van der Waals surface area contributed by atoms with Crippen LogP contribution in [0.2, 0.25) is 0 Å². The minimum Gasteiger partial charge on any atom is -0.478 e. The van der Waals surface area contributed by atoms with Crippen LogP contribution in [0.5, 0.6) is 0 Å². The molecule has 0 spiro atoms. The van der Waals surface area contributed by atoms with Crippen LogP contribution in [0, 0.1) is 0 Å². The van der Waals surface area contributed by atoms with Crippen LogP contribution >= 0.6 is 0 Å². The molecule has 0 aromatic carbocycles. The van der Waals surface area contributed by atoms with E-state index >= 15 is 0 Å². The largest absolute Gasteiger partial charge is 0.508 e. The molecule has 0 fully saturated rings. The van der Waals surface area contributed by atoms with Gasteiger partial charge in [0.1, 0.15) is 50.8 Å².